The summed E-state index contributed by atoms with van der Waals surface area (Å²) < 4.78 is 3.54. The number of aryl methyl sites for hydroxylation is 1. The summed E-state index contributed by atoms with van der Waals surface area (Å²) in [6.45, 7) is 1.89. The van der Waals surface area contributed by atoms with E-state index in [9.17, 15) is 9.90 Å². The first-order valence-corrected chi connectivity index (χ1v) is 8.80. The molecule has 4 rings (SSSR count). The predicted molar refractivity (Wildman–Crippen MR) is 91.5 cm³/mol. The number of carbonyl (C=O) groups is 1. The normalized spacial score (nSPS) is 18.2. The Morgan fingerprint density at radius 2 is 2.28 bits per heavy atom. The summed E-state index contributed by atoms with van der Waals surface area (Å²) in [4.78, 5) is 14.4. The minimum Gasteiger partial charge on any atom is -0.380 e. The van der Waals surface area contributed by atoms with Crippen LogP contribution >= 0.6 is 0 Å². The number of allylic oxidation sites excluding steroid dienone is 1. The molecule has 0 saturated carbocycles. The van der Waals surface area contributed by atoms with Gasteiger partial charge < -0.3 is 10.0 Å². The van der Waals surface area contributed by atoms with E-state index in [1.165, 1.54) is 12.0 Å². The standard InChI is InChI=1S/C18H23N5O2/c1-21-16(6-7-19-21)18(25)15-11-14-12-22(8-9-23(14)20-15)17(24)10-13-4-2-3-5-13/h4,6-7,11,18,25H,2-3,5,8-10,12H2,1H3/t18-/m0/s1. The molecule has 0 spiro atoms. The van der Waals surface area contributed by atoms with Crippen molar-refractivity contribution in [1.29, 1.82) is 0 Å². The van der Waals surface area contributed by atoms with Crippen molar-refractivity contribution in [2.75, 3.05) is 6.54 Å². The van der Waals surface area contributed by atoms with Gasteiger partial charge >= 0.3 is 0 Å². The van der Waals surface area contributed by atoms with Crippen LogP contribution in [0.25, 0.3) is 0 Å². The van der Waals surface area contributed by atoms with Crippen molar-refractivity contribution < 1.29 is 9.90 Å². The second-order valence-electron chi connectivity index (χ2n) is 6.81. The molecule has 1 aliphatic heterocycles. The van der Waals surface area contributed by atoms with Crippen LogP contribution in [0.3, 0.4) is 0 Å². The van der Waals surface area contributed by atoms with Gasteiger partial charge in [-0.15, -0.1) is 0 Å². The summed E-state index contributed by atoms with van der Waals surface area (Å²) >= 11 is 0. The molecule has 0 unspecified atom stereocenters. The van der Waals surface area contributed by atoms with Crippen molar-refractivity contribution in [2.24, 2.45) is 7.05 Å². The maximum Gasteiger partial charge on any atom is 0.227 e. The molecule has 7 heteroatoms. The third-order valence-electron chi connectivity index (χ3n) is 5.10. The molecule has 2 aliphatic rings. The zero-order valence-electron chi connectivity index (χ0n) is 14.4. The van der Waals surface area contributed by atoms with Crippen LogP contribution in [0.15, 0.2) is 30.0 Å². The fraction of sp³-hybridized carbons (Fsp3) is 0.500. The Labute approximate surface area is 146 Å². The lowest BCUT2D eigenvalue weighted by Gasteiger charge is -2.28. The molecule has 0 bridgehead atoms. The molecule has 1 atom stereocenters. The maximum absolute atomic E-state index is 12.5. The SMILES string of the molecule is Cn1nccc1[C@@H](O)c1cc2n(n1)CCN(C(=O)CC1=CCCC1)C2. The Balaban J connectivity index is 1.47. The quantitative estimate of drug-likeness (QED) is 0.856. The summed E-state index contributed by atoms with van der Waals surface area (Å²) in [5, 5.41) is 19.2. The molecule has 132 valence electrons. The summed E-state index contributed by atoms with van der Waals surface area (Å²) in [6, 6.07) is 3.68. The molecule has 3 heterocycles. The highest BCUT2D eigenvalue weighted by atomic mass is 16.3. The van der Waals surface area contributed by atoms with Crippen molar-refractivity contribution in [2.45, 2.75) is 44.9 Å². The van der Waals surface area contributed by atoms with E-state index in [0.29, 0.717) is 37.4 Å². The van der Waals surface area contributed by atoms with Gasteiger partial charge in [-0.05, 0) is 31.4 Å². The molecule has 0 saturated heterocycles. The molecule has 0 radical (unpaired) electrons. The van der Waals surface area contributed by atoms with Crippen LogP contribution in [-0.4, -0.2) is 42.0 Å². The van der Waals surface area contributed by atoms with E-state index in [0.717, 1.165) is 18.5 Å². The van der Waals surface area contributed by atoms with Gasteiger partial charge in [-0.1, -0.05) is 11.6 Å². The Bertz CT molecular complexity index is 819. The van der Waals surface area contributed by atoms with Crippen LogP contribution in [0.4, 0.5) is 0 Å². The highest BCUT2D eigenvalue weighted by molar-refractivity contribution is 5.78. The van der Waals surface area contributed by atoms with Crippen molar-refractivity contribution in [1.82, 2.24) is 24.5 Å². The van der Waals surface area contributed by atoms with Gasteiger partial charge in [-0.2, -0.15) is 10.2 Å². The Kier molecular flexibility index (Phi) is 4.17. The number of aliphatic hydroxyl groups is 1. The summed E-state index contributed by atoms with van der Waals surface area (Å²) in [6.07, 6.45) is 6.92. The fourth-order valence-electron chi connectivity index (χ4n) is 3.64. The topological polar surface area (TPSA) is 76.2 Å². The average Bonchev–Trinajstić information content (AvgIpc) is 3.33. The number of fused-ring (bicyclic) bond motifs is 1. The molecule has 25 heavy (non-hydrogen) atoms. The van der Waals surface area contributed by atoms with Gasteiger partial charge in [0, 0.05) is 26.2 Å². The molecular formula is C18H23N5O2. The zero-order chi connectivity index (χ0) is 17.4. The molecule has 2 aromatic heterocycles. The van der Waals surface area contributed by atoms with Crippen LogP contribution in [0.2, 0.25) is 0 Å². The van der Waals surface area contributed by atoms with Crippen molar-refractivity contribution in [3.05, 3.63) is 47.1 Å². The molecule has 0 aromatic carbocycles. The molecule has 7 nitrogen and oxygen atoms in total. The number of rotatable bonds is 4. The number of carbonyl (C=O) groups excluding carboxylic acids is 1. The third kappa shape index (κ3) is 3.11. The smallest absolute Gasteiger partial charge is 0.227 e. The van der Waals surface area contributed by atoms with Crippen molar-refractivity contribution in [3.8, 4) is 0 Å². The monoisotopic (exact) mass is 341 g/mol. The van der Waals surface area contributed by atoms with Crippen LogP contribution in [-0.2, 0) is 24.9 Å². The van der Waals surface area contributed by atoms with E-state index in [1.807, 2.05) is 15.6 Å². The van der Waals surface area contributed by atoms with Gasteiger partial charge in [0.2, 0.25) is 5.91 Å². The molecule has 1 aliphatic carbocycles. The molecule has 1 amide bonds. The zero-order valence-corrected chi connectivity index (χ0v) is 14.4. The van der Waals surface area contributed by atoms with Crippen LogP contribution < -0.4 is 0 Å². The van der Waals surface area contributed by atoms with Crippen LogP contribution in [0, 0.1) is 0 Å². The Hall–Kier alpha value is -2.41. The number of nitrogens with zero attached hydrogens (tertiary/aromatic N) is 5. The van der Waals surface area contributed by atoms with Crippen LogP contribution in [0.1, 0.15) is 48.9 Å². The highest BCUT2D eigenvalue weighted by Gasteiger charge is 2.26. The maximum atomic E-state index is 12.5. The average molecular weight is 341 g/mol. The lowest BCUT2D eigenvalue weighted by molar-refractivity contribution is -0.132. The number of amides is 1. The van der Waals surface area contributed by atoms with Gasteiger partial charge in [-0.25, -0.2) is 0 Å². The van der Waals surface area contributed by atoms with E-state index in [2.05, 4.69) is 16.3 Å². The Morgan fingerprint density at radius 1 is 1.40 bits per heavy atom. The first-order valence-electron chi connectivity index (χ1n) is 8.80. The molecule has 2 aromatic rings. The van der Waals surface area contributed by atoms with Crippen LogP contribution in [0.5, 0.6) is 0 Å². The Morgan fingerprint density at radius 3 is 3.00 bits per heavy atom. The predicted octanol–water partition coefficient (Wildman–Crippen LogP) is 1.54. The summed E-state index contributed by atoms with van der Waals surface area (Å²) in [7, 11) is 1.80. The van der Waals surface area contributed by atoms with Gasteiger partial charge in [0.1, 0.15) is 6.10 Å². The van der Waals surface area contributed by atoms with E-state index >= 15 is 0 Å². The fourth-order valence-corrected chi connectivity index (χ4v) is 3.64. The second kappa shape index (κ2) is 6.48. The van der Waals surface area contributed by atoms with Gasteiger partial charge in [-0.3, -0.25) is 14.2 Å². The minimum atomic E-state index is -0.807. The number of hydrogen-bond donors (Lipinski definition) is 1. The first-order chi connectivity index (χ1) is 12.1. The first kappa shape index (κ1) is 16.1. The van der Waals surface area contributed by atoms with E-state index in [4.69, 9.17) is 0 Å². The summed E-state index contributed by atoms with van der Waals surface area (Å²) in [5.41, 5.74) is 3.55. The van der Waals surface area contributed by atoms with E-state index in [-0.39, 0.29) is 5.91 Å². The molecule has 0 fully saturated rings. The largest absolute Gasteiger partial charge is 0.380 e. The van der Waals surface area contributed by atoms with Gasteiger partial charge in [0.15, 0.2) is 0 Å². The summed E-state index contributed by atoms with van der Waals surface area (Å²) in [5.74, 6) is 0.189. The minimum absolute atomic E-state index is 0.189. The van der Waals surface area contributed by atoms with Crippen molar-refractivity contribution >= 4 is 5.91 Å². The lowest BCUT2D eigenvalue weighted by atomic mass is 10.1. The van der Waals surface area contributed by atoms with E-state index < -0.39 is 6.10 Å². The molecule has 1 N–H and O–H groups in total. The number of aliphatic hydroxyl groups excluding tert-OH is 1. The third-order valence-corrected chi connectivity index (χ3v) is 5.10. The highest BCUT2D eigenvalue weighted by Crippen LogP contribution is 2.25. The van der Waals surface area contributed by atoms with Gasteiger partial charge in [0.05, 0.1) is 30.2 Å². The second-order valence-corrected chi connectivity index (χ2v) is 6.81. The lowest BCUT2D eigenvalue weighted by Crippen LogP contribution is -2.38. The van der Waals surface area contributed by atoms with Gasteiger partial charge in [0.25, 0.3) is 0 Å². The number of aromatic nitrogens is 4. The van der Waals surface area contributed by atoms with Crippen molar-refractivity contribution in [3.63, 3.8) is 0 Å². The van der Waals surface area contributed by atoms with E-state index in [1.54, 1.807) is 24.0 Å². The number of hydrogen-bond acceptors (Lipinski definition) is 4. The molecular weight excluding hydrogens is 318 g/mol.